The van der Waals surface area contributed by atoms with Gasteiger partial charge in [0.15, 0.2) is 0 Å². The molecule has 0 saturated heterocycles. The van der Waals surface area contributed by atoms with Crippen molar-refractivity contribution in [2.45, 2.75) is 0 Å². The Morgan fingerprint density at radius 2 is 0.907 bits per heavy atom. The van der Waals surface area contributed by atoms with Crippen molar-refractivity contribution in [2.75, 3.05) is 0 Å². The summed E-state index contributed by atoms with van der Waals surface area (Å²) in [6.07, 6.45) is 1.88. The molecule has 3 heterocycles. The van der Waals surface area contributed by atoms with E-state index in [0.717, 1.165) is 27.7 Å². The molecule has 0 fully saturated rings. The molecule has 3 heteroatoms. The molecule has 0 saturated carbocycles. The van der Waals surface area contributed by atoms with Crippen LogP contribution in [0.25, 0.3) is 99.3 Å². The van der Waals surface area contributed by atoms with Crippen LogP contribution in [0.5, 0.6) is 0 Å². The summed E-state index contributed by atoms with van der Waals surface area (Å²) in [6, 6.07) is 70.3. The number of hydrogen-bond donors (Lipinski definition) is 0. The standard InChI is InChI=1S/C51H33N3/c1-3-13-34(14-4-1)43-33-38(40-21-11-15-35-16-12-30-52-51(35)40)26-29-48(43)54-47-23-10-8-20-42(47)45-32-37(25-28-50(45)54)36-24-27-49-44(31-36)41-19-7-9-22-46(41)53(49)39-17-5-2-6-18-39/h1-33H. The Kier molecular flexibility index (Phi) is 6.86. The van der Waals surface area contributed by atoms with Crippen molar-refractivity contribution in [1.82, 2.24) is 14.1 Å². The normalized spacial score (nSPS) is 11.7. The molecule has 0 aliphatic rings. The van der Waals surface area contributed by atoms with Crippen LogP contribution >= 0.6 is 0 Å². The first-order valence-electron chi connectivity index (χ1n) is 18.5. The van der Waals surface area contributed by atoms with Crippen molar-refractivity contribution < 1.29 is 0 Å². The van der Waals surface area contributed by atoms with E-state index in [4.69, 9.17) is 4.98 Å². The first kappa shape index (κ1) is 30.4. The Hall–Kier alpha value is -7.23. The van der Waals surface area contributed by atoms with Gasteiger partial charge < -0.3 is 9.13 Å². The van der Waals surface area contributed by atoms with Gasteiger partial charge in [-0.15, -0.1) is 0 Å². The smallest absolute Gasteiger partial charge is 0.0780 e. The minimum absolute atomic E-state index is 1.01. The van der Waals surface area contributed by atoms with E-state index in [1.54, 1.807) is 0 Å². The zero-order chi connectivity index (χ0) is 35.6. The van der Waals surface area contributed by atoms with Gasteiger partial charge in [0.05, 0.1) is 33.3 Å². The summed E-state index contributed by atoms with van der Waals surface area (Å²) in [7, 11) is 0. The van der Waals surface area contributed by atoms with Gasteiger partial charge >= 0.3 is 0 Å². The van der Waals surface area contributed by atoms with Crippen LogP contribution in [0.2, 0.25) is 0 Å². The van der Waals surface area contributed by atoms with Gasteiger partial charge in [-0.3, -0.25) is 4.98 Å². The summed E-state index contributed by atoms with van der Waals surface area (Å²) in [5.74, 6) is 0. The molecular weight excluding hydrogens is 655 g/mol. The first-order chi connectivity index (χ1) is 26.8. The van der Waals surface area contributed by atoms with Crippen LogP contribution in [0, 0.1) is 0 Å². The number of benzene rings is 8. The van der Waals surface area contributed by atoms with Gasteiger partial charge in [0, 0.05) is 49.9 Å². The van der Waals surface area contributed by atoms with Crippen LogP contribution in [0.15, 0.2) is 200 Å². The highest BCUT2D eigenvalue weighted by Gasteiger charge is 2.19. The molecule has 8 aromatic carbocycles. The second-order valence-corrected chi connectivity index (χ2v) is 14.0. The lowest BCUT2D eigenvalue weighted by atomic mass is 9.95. The van der Waals surface area contributed by atoms with Crippen LogP contribution < -0.4 is 0 Å². The minimum Gasteiger partial charge on any atom is -0.309 e. The Morgan fingerprint density at radius 3 is 1.63 bits per heavy atom. The quantitative estimate of drug-likeness (QED) is 0.177. The zero-order valence-corrected chi connectivity index (χ0v) is 29.4. The third-order valence-corrected chi connectivity index (χ3v) is 11.0. The Morgan fingerprint density at radius 1 is 0.333 bits per heavy atom. The molecule has 54 heavy (non-hydrogen) atoms. The fraction of sp³-hybridized carbons (Fsp3) is 0. The fourth-order valence-corrected chi connectivity index (χ4v) is 8.50. The first-order valence-corrected chi connectivity index (χ1v) is 18.5. The number of pyridine rings is 1. The molecule has 11 rings (SSSR count). The highest BCUT2D eigenvalue weighted by molar-refractivity contribution is 6.13. The van der Waals surface area contributed by atoms with E-state index >= 15 is 0 Å². The van der Waals surface area contributed by atoms with Crippen molar-refractivity contribution in [1.29, 1.82) is 0 Å². The molecule has 0 atom stereocenters. The van der Waals surface area contributed by atoms with Crippen molar-refractivity contribution in [2.24, 2.45) is 0 Å². The number of nitrogens with zero attached hydrogens (tertiary/aromatic N) is 3. The maximum atomic E-state index is 4.79. The summed E-state index contributed by atoms with van der Waals surface area (Å²) in [5, 5.41) is 6.11. The summed E-state index contributed by atoms with van der Waals surface area (Å²) in [5.41, 5.74) is 15.1. The lowest BCUT2D eigenvalue weighted by molar-refractivity contribution is 1.18. The van der Waals surface area contributed by atoms with Crippen molar-refractivity contribution in [3.8, 4) is 44.8 Å². The van der Waals surface area contributed by atoms with E-state index < -0.39 is 0 Å². The lowest BCUT2D eigenvalue weighted by Gasteiger charge is -2.17. The van der Waals surface area contributed by atoms with Crippen LogP contribution in [0.1, 0.15) is 0 Å². The summed E-state index contributed by atoms with van der Waals surface area (Å²) < 4.78 is 4.82. The van der Waals surface area contributed by atoms with Gasteiger partial charge in [-0.25, -0.2) is 0 Å². The SMILES string of the molecule is c1ccc(-c2cc(-c3cccc4cccnc34)ccc2-n2c3ccccc3c3cc(-c4ccc5c(c4)c4ccccc4n5-c4ccccc4)ccc32)cc1. The molecule has 0 aliphatic heterocycles. The minimum atomic E-state index is 1.01. The average molecular weight is 688 g/mol. The monoisotopic (exact) mass is 687 g/mol. The molecule has 0 bridgehead atoms. The van der Waals surface area contributed by atoms with E-state index in [-0.39, 0.29) is 0 Å². The largest absolute Gasteiger partial charge is 0.309 e. The van der Waals surface area contributed by atoms with Gasteiger partial charge in [0.25, 0.3) is 0 Å². The third kappa shape index (κ3) is 4.72. The molecule has 0 radical (unpaired) electrons. The number of hydrogen-bond acceptors (Lipinski definition) is 1. The topological polar surface area (TPSA) is 22.8 Å². The van der Waals surface area contributed by atoms with Gasteiger partial charge in [-0.1, -0.05) is 127 Å². The molecule has 0 spiro atoms. The van der Waals surface area contributed by atoms with Gasteiger partial charge in [0.1, 0.15) is 0 Å². The Labute approximate surface area is 312 Å². The molecular formula is C51H33N3. The molecule has 0 N–H and O–H groups in total. The van der Waals surface area contributed by atoms with Crippen LogP contribution in [-0.2, 0) is 0 Å². The molecule has 0 amide bonds. The second-order valence-electron chi connectivity index (χ2n) is 14.0. The predicted molar refractivity (Wildman–Crippen MR) is 227 cm³/mol. The molecule has 3 nitrogen and oxygen atoms in total. The summed E-state index contributed by atoms with van der Waals surface area (Å²) in [6.45, 7) is 0. The number of rotatable bonds is 5. The Balaban J connectivity index is 1.11. The Bertz CT molecular complexity index is 3200. The third-order valence-electron chi connectivity index (χ3n) is 11.0. The van der Waals surface area contributed by atoms with Crippen LogP contribution in [0.3, 0.4) is 0 Å². The molecule has 3 aromatic heterocycles. The van der Waals surface area contributed by atoms with E-state index in [0.29, 0.717) is 0 Å². The van der Waals surface area contributed by atoms with Gasteiger partial charge in [0.2, 0.25) is 0 Å². The average Bonchev–Trinajstić information content (AvgIpc) is 3.76. The molecule has 11 aromatic rings. The fourth-order valence-electron chi connectivity index (χ4n) is 8.50. The molecule has 0 unspecified atom stereocenters. The lowest BCUT2D eigenvalue weighted by Crippen LogP contribution is -1.98. The van der Waals surface area contributed by atoms with E-state index in [1.807, 2.05) is 12.3 Å². The van der Waals surface area contributed by atoms with Crippen LogP contribution in [-0.4, -0.2) is 14.1 Å². The predicted octanol–water partition coefficient (Wildman–Crippen LogP) is 13.4. The summed E-state index contributed by atoms with van der Waals surface area (Å²) >= 11 is 0. The van der Waals surface area contributed by atoms with E-state index in [1.165, 1.54) is 71.6 Å². The number of para-hydroxylation sites is 4. The zero-order valence-electron chi connectivity index (χ0n) is 29.4. The van der Waals surface area contributed by atoms with Crippen molar-refractivity contribution in [3.63, 3.8) is 0 Å². The summed E-state index contributed by atoms with van der Waals surface area (Å²) in [4.78, 5) is 4.79. The van der Waals surface area contributed by atoms with Crippen molar-refractivity contribution in [3.05, 3.63) is 200 Å². The van der Waals surface area contributed by atoms with Gasteiger partial charge in [-0.05, 0) is 89.0 Å². The maximum absolute atomic E-state index is 4.79. The maximum Gasteiger partial charge on any atom is 0.0780 e. The molecule has 252 valence electrons. The van der Waals surface area contributed by atoms with Crippen molar-refractivity contribution >= 4 is 54.5 Å². The van der Waals surface area contributed by atoms with Gasteiger partial charge in [-0.2, -0.15) is 0 Å². The highest BCUT2D eigenvalue weighted by Crippen LogP contribution is 2.41. The highest BCUT2D eigenvalue weighted by atomic mass is 15.0. The van der Waals surface area contributed by atoms with Crippen LogP contribution in [0.4, 0.5) is 0 Å². The number of fused-ring (bicyclic) bond motifs is 7. The second kappa shape index (κ2) is 12.2. The number of aromatic nitrogens is 3. The molecule has 0 aliphatic carbocycles. The van der Waals surface area contributed by atoms with E-state index in [2.05, 4.69) is 197 Å². The van der Waals surface area contributed by atoms with E-state index in [9.17, 15) is 0 Å².